The van der Waals surface area contributed by atoms with E-state index in [0.717, 1.165) is 68.6 Å². The Morgan fingerprint density at radius 1 is 0.604 bits per heavy atom. The van der Waals surface area contributed by atoms with Gasteiger partial charge < -0.3 is 0 Å². The van der Waals surface area contributed by atoms with Crippen LogP contribution in [-0.4, -0.2) is 28.8 Å². The van der Waals surface area contributed by atoms with Crippen molar-refractivity contribution in [3.8, 4) is 0 Å². The summed E-state index contributed by atoms with van der Waals surface area (Å²) in [6.45, 7) is 21.5. The van der Waals surface area contributed by atoms with Crippen molar-refractivity contribution in [2.24, 2.45) is 47.3 Å². The summed E-state index contributed by atoms with van der Waals surface area (Å²) in [7, 11) is 0. The summed E-state index contributed by atoms with van der Waals surface area (Å²) in [6, 6.07) is 0. The average Bonchev–Trinajstić information content (AvgIpc) is 3.57. The fraction of sp³-hybridized carbons (Fsp3) is 0.953. The molecule has 0 nitrogen and oxygen atoms in total. The van der Waals surface area contributed by atoms with Crippen molar-refractivity contribution in [1.82, 2.24) is 0 Å². The van der Waals surface area contributed by atoms with E-state index < -0.39 is 17.3 Å². The van der Waals surface area contributed by atoms with E-state index in [9.17, 15) is 17.6 Å². The Bertz CT molecular complexity index is 746. The number of halogens is 4. The van der Waals surface area contributed by atoms with Crippen molar-refractivity contribution >= 4 is 11.8 Å². The normalized spacial score (nSPS) is 22.7. The van der Waals surface area contributed by atoms with E-state index in [0.29, 0.717) is 24.2 Å². The molecule has 0 radical (unpaired) electrons. The van der Waals surface area contributed by atoms with Gasteiger partial charge in [-0.15, -0.1) is 0 Å². The quantitative estimate of drug-likeness (QED) is 0.160. The highest BCUT2D eigenvalue weighted by atomic mass is 32.2. The minimum Gasteiger partial charge on any atom is -0.244 e. The molecule has 0 amide bonds. The summed E-state index contributed by atoms with van der Waals surface area (Å²) in [5.74, 6) is 5.50. The lowest BCUT2D eigenvalue weighted by molar-refractivity contribution is 0.0406. The van der Waals surface area contributed by atoms with Crippen molar-refractivity contribution in [2.45, 2.75) is 207 Å². The molecule has 1 saturated heterocycles. The van der Waals surface area contributed by atoms with E-state index in [1.54, 1.807) is 0 Å². The van der Waals surface area contributed by atoms with Crippen molar-refractivity contribution in [3.05, 3.63) is 12.2 Å². The predicted molar refractivity (Wildman–Crippen MR) is 217 cm³/mol. The molecule has 5 heteroatoms. The SMILES string of the molecule is C.C.C.C.C.CC(C)CC1(F)CC1.CC(C)CC1(F)CCC1.CC(C)CC1C=CCC1.CC(C)CC1CC1(F)F.CC(C)CC1CSC1. The van der Waals surface area contributed by atoms with Gasteiger partial charge in [-0.1, -0.05) is 119 Å². The lowest BCUT2D eigenvalue weighted by Gasteiger charge is -2.35. The number of hydrogen-bond acceptors (Lipinski definition) is 1. The topological polar surface area (TPSA) is 0 Å². The van der Waals surface area contributed by atoms with Gasteiger partial charge in [0.15, 0.2) is 0 Å². The third-order valence-corrected chi connectivity index (χ3v) is 10.1. The number of thioether (sulfide) groups is 1. The Kier molecular flexibility index (Phi) is 32.7. The summed E-state index contributed by atoms with van der Waals surface area (Å²) < 4.78 is 50.2. The fourth-order valence-corrected chi connectivity index (χ4v) is 7.09. The number of hydrogen-bond donors (Lipinski definition) is 0. The number of rotatable bonds is 10. The van der Waals surface area contributed by atoms with E-state index >= 15 is 0 Å². The molecule has 0 spiro atoms. The van der Waals surface area contributed by atoms with Crippen molar-refractivity contribution in [3.63, 3.8) is 0 Å². The van der Waals surface area contributed by atoms with E-state index in [2.05, 4.69) is 79.3 Å². The van der Waals surface area contributed by atoms with Gasteiger partial charge in [0.05, 0.1) is 0 Å². The van der Waals surface area contributed by atoms with Gasteiger partial charge in [0.25, 0.3) is 5.92 Å². The van der Waals surface area contributed by atoms with Gasteiger partial charge in [0, 0.05) is 12.3 Å². The lowest BCUT2D eigenvalue weighted by Crippen LogP contribution is -2.32. The maximum Gasteiger partial charge on any atom is 0.251 e. The molecule has 5 aliphatic rings. The minimum atomic E-state index is -2.30. The molecule has 5 rings (SSSR count). The fourth-order valence-electron chi connectivity index (χ4n) is 6.25. The van der Waals surface area contributed by atoms with Crippen LogP contribution in [0.4, 0.5) is 17.6 Å². The van der Waals surface area contributed by atoms with Gasteiger partial charge in [0.2, 0.25) is 0 Å². The Morgan fingerprint density at radius 3 is 1.17 bits per heavy atom. The van der Waals surface area contributed by atoms with Crippen molar-refractivity contribution in [1.29, 1.82) is 0 Å². The zero-order valence-corrected chi connectivity index (χ0v) is 30.6. The zero-order chi connectivity index (χ0) is 32.8. The number of allylic oxidation sites excluding steroid dienone is 2. The van der Waals surface area contributed by atoms with Crippen LogP contribution in [0.3, 0.4) is 0 Å². The Morgan fingerprint density at radius 2 is 1.02 bits per heavy atom. The van der Waals surface area contributed by atoms with Crippen LogP contribution < -0.4 is 0 Å². The summed E-state index contributed by atoms with van der Waals surface area (Å²) >= 11 is 2.09. The first-order chi connectivity index (χ1) is 19.8. The highest BCUT2D eigenvalue weighted by molar-refractivity contribution is 8.00. The van der Waals surface area contributed by atoms with E-state index in [-0.39, 0.29) is 49.5 Å². The van der Waals surface area contributed by atoms with Gasteiger partial charge in [-0.25, -0.2) is 17.6 Å². The molecule has 0 N–H and O–H groups in total. The third kappa shape index (κ3) is 28.5. The molecule has 2 unspecified atom stereocenters. The van der Waals surface area contributed by atoms with Gasteiger partial charge in [-0.3, -0.25) is 0 Å². The smallest absolute Gasteiger partial charge is 0.244 e. The maximum atomic E-state index is 13.2. The predicted octanol–water partition coefficient (Wildman–Crippen LogP) is 16.7. The minimum absolute atomic E-state index is 0. The van der Waals surface area contributed by atoms with E-state index in [1.165, 1.54) is 37.2 Å². The second-order valence-corrected chi connectivity index (χ2v) is 17.6. The molecule has 0 aromatic rings. The van der Waals surface area contributed by atoms with Crippen LogP contribution in [0.25, 0.3) is 0 Å². The van der Waals surface area contributed by atoms with Crippen LogP contribution in [0.5, 0.6) is 0 Å². The molecule has 0 aromatic heterocycles. The highest BCUT2D eigenvalue weighted by Crippen LogP contribution is 2.51. The van der Waals surface area contributed by atoms with Gasteiger partial charge in [0.1, 0.15) is 11.3 Å². The molecular formula is C43H90F4S. The molecule has 48 heavy (non-hydrogen) atoms. The lowest BCUT2D eigenvalue weighted by atomic mass is 9.77. The van der Waals surface area contributed by atoms with Gasteiger partial charge in [-0.2, -0.15) is 11.8 Å². The average molecular weight is 715 g/mol. The summed E-state index contributed by atoms with van der Waals surface area (Å²) in [5.41, 5.74) is -1.48. The maximum absolute atomic E-state index is 13.2. The van der Waals surface area contributed by atoms with Crippen LogP contribution in [0, 0.1) is 47.3 Å². The summed E-state index contributed by atoms with van der Waals surface area (Å²) in [6.07, 6.45) is 16.9. The van der Waals surface area contributed by atoms with Gasteiger partial charge >= 0.3 is 0 Å². The van der Waals surface area contributed by atoms with Gasteiger partial charge in [-0.05, 0) is 130 Å². The van der Waals surface area contributed by atoms with Crippen LogP contribution in [-0.2, 0) is 0 Å². The first-order valence-corrected chi connectivity index (χ1v) is 19.0. The Balaban J connectivity index is -0.000000157. The summed E-state index contributed by atoms with van der Waals surface area (Å²) in [5, 5.41) is 0. The monoisotopic (exact) mass is 715 g/mol. The molecule has 296 valence electrons. The van der Waals surface area contributed by atoms with E-state index in [4.69, 9.17) is 0 Å². The van der Waals surface area contributed by atoms with Crippen LogP contribution in [0.1, 0.15) is 190 Å². The molecule has 2 atom stereocenters. The molecular weight excluding hydrogens is 625 g/mol. The first-order valence-electron chi connectivity index (χ1n) is 17.8. The second kappa shape index (κ2) is 27.5. The molecule has 3 saturated carbocycles. The molecule has 0 bridgehead atoms. The Labute approximate surface area is 306 Å². The zero-order valence-electron chi connectivity index (χ0n) is 29.8. The van der Waals surface area contributed by atoms with Crippen LogP contribution >= 0.6 is 11.8 Å². The Hall–Kier alpha value is -0.190. The van der Waals surface area contributed by atoms with Crippen molar-refractivity contribution < 1.29 is 17.6 Å². The molecule has 4 aliphatic carbocycles. The third-order valence-electron chi connectivity index (χ3n) is 8.70. The standard InChI is InChI=1S/C9H16.C8H15F.C7H12F2.C7H13F.C7H14S.5CH4/c1-8(2)7-9-5-3-4-6-9;1-7(2)6-8(9)4-3-5-8;1-5(2)3-6-4-7(6,8)9;1-6(2)5-7(8)3-4-7;1-6(2)3-7-4-8-5-7;;;;;/h3,5,8-9H,4,6-7H2,1-2H3;7H,3-6H2,1-2H3;5-6H,3-4H2,1-2H3;6H,3-5H2,1-2H3;6-7H,3-5H2,1-2H3;5*1H4. The number of alkyl halides is 4. The van der Waals surface area contributed by atoms with Crippen molar-refractivity contribution in [2.75, 3.05) is 11.5 Å². The molecule has 4 fully saturated rings. The second-order valence-electron chi connectivity index (χ2n) is 16.6. The molecule has 1 aliphatic heterocycles. The first kappa shape index (κ1) is 57.2. The van der Waals surface area contributed by atoms with E-state index in [1.807, 2.05) is 13.8 Å². The highest BCUT2D eigenvalue weighted by Gasteiger charge is 2.56. The largest absolute Gasteiger partial charge is 0.251 e. The summed E-state index contributed by atoms with van der Waals surface area (Å²) in [4.78, 5) is 0. The van der Waals surface area contributed by atoms with Crippen LogP contribution in [0.15, 0.2) is 12.2 Å². The van der Waals surface area contributed by atoms with Crippen LogP contribution in [0.2, 0.25) is 0 Å². The molecule has 1 heterocycles. The molecule has 0 aromatic carbocycles.